The molecule has 3 nitrogen and oxygen atoms in total. The van der Waals surface area contributed by atoms with Gasteiger partial charge in [0.2, 0.25) is 0 Å². The molecule has 0 bridgehead atoms. The van der Waals surface area contributed by atoms with E-state index in [2.05, 4.69) is 26.9 Å². The minimum absolute atomic E-state index is 0.695. The summed E-state index contributed by atoms with van der Waals surface area (Å²) in [5, 5.41) is 1.07. The Labute approximate surface area is 120 Å². The monoisotopic (exact) mass is 317 g/mol. The summed E-state index contributed by atoms with van der Waals surface area (Å²) in [6, 6.07) is 6.85. The van der Waals surface area contributed by atoms with Crippen LogP contribution in [0.3, 0.4) is 0 Å². The fourth-order valence-electron chi connectivity index (χ4n) is 3.16. The maximum Gasteiger partial charge on any atom is 0.134 e. The molecular formula is C15H16BrN3. The lowest BCUT2D eigenvalue weighted by atomic mass is 9.92. The van der Waals surface area contributed by atoms with Crippen LogP contribution in [0.1, 0.15) is 24.8 Å². The average molecular weight is 318 g/mol. The third kappa shape index (κ3) is 1.66. The molecule has 0 atom stereocenters. The lowest BCUT2D eigenvalue weighted by Crippen LogP contribution is -2.39. The number of aromatic nitrogens is 1. The molecule has 2 aliphatic rings. The zero-order chi connectivity index (χ0) is 13.0. The Morgan fingerprint density at radius 1 is 1.32 bits per heavy atom. The van der Waals surface area contributed by atoms with E-state index in [-0.39, 0.29) is 0 Å². The summed E-state index contributed by atoms with van der Waals surface area (Å²) in [5.41, 5.74) is 9.55. The molecule has 98 valence electrons. The number of anilines is 2. The van der Waals surface area contributed by atoms with Gasteiger partial charge in [-0.05, 0) is 43.9 Å². The van der Waals surface area contributed by atoms with Gasteiger partial charge in [0, 0.05) is 33.7 Å². The molecule has 19 heavy (non-hydrogen) atoms. The molecule has 2 N–H and O–H groups in total. The Morgan fingerprint density at radius 2 is 2.16 bits per heavy atom. The van der Waals surface area contributed by atoms with Gasteiger partial charge in [0.15, 0.2) is 0 Å². The summed E-state index contributed by atoms with van der Waals surface area (Å²) < 4.78 is 1.06. The Bertz CT molecular complexity index is 664. The lowest BCUT2D eigenvalue weighted by molar-refractivity contribution is 0.391. The van der Waals surface area contributed by atoms with Gasteiger partial charge in [-0.25, -0.2) is 4.98 Å². The third-order valence-corrected chi connectivity index (χ3v) is 4.95. The minimum atomic E-state index is 0.695. The second-order valence-electron chi connectivity index (χ2n) is 5.52. The van der Waals surface area contributed by atoms with Crippen molar-refractivity contribution in [3.63, 3.8) is 0 Å². The van der Waals surface area contributed by atoms with Crippen LogP contribution in [0.25, 0.3) is 10.9 Å². The fourth-order valence-corrected chi connectivity index (χ4v) is 3.52. The van der Waals surface area contributed by atoms with Crippen LogP contribution in [-0.4, -0.2) is 17.6 Å². The summed E-state index contributed by atoms with van der Waals surface area (Å²) in [6.07, 6.45) is 5.00. The van der Waals surface area contributed by atoms with Crippen molar-refractivity contribution in [1.82, 2.24) is 4.98 Å². The van der Waals surface area contributed by atoms with Crippen molar-refractivity contribution in [2.75, 3.05) is 17.2 Å². The van der Waals surface area contributed by atoms with Crippen molar-refractivity contribution < 1.29 is 0 Å². The Balaban J connectivity index is 1.90. The van der Waals surface area contributed by atoms with Crippen LogP contribution in [0.15, 0.2) is 22.7 Å². The smallest absolute Gasteiger partial charge is 0.134 e. The van der Waals surface area contributed by atoms with Gasteiger partial charge in [-0.15, -0.1) is 0 Å². The summed E-state index contributed by atoms with van der Waals surface area (Å²) in [7, 11) is 0. The summed E-state index contributed by atoms with van der Waals surface area (Å²) in [6.45, 7) is 1.08. The Hall–Kier alpha value is -1.29. The molecule has 0 amide bonds. The summed E-state index contributed by atoms with van der Waals surface area (Å²) in [5.74, 6) is 1.14. The van der Waals surface area contributed by atoms with Crippen LogP contribution in [0, 0.1) is 0 Å². The number of halogens is 1. The molecule has 1 saturated carbocycles. The predicted molar refractivity (Wildman–Crippen MR) is 82.5 cm³/mol. The van der Waals surface area contributed by atoms with E-state index in [4.69, 9.17) is 10.7 Å². The van der Waals surface area contributed by atoms with E-state index in [0.29, 0.717) is 6.04 Å². The number of hydrogen-bond acceptors (Lipinski definition) is 3. The predicted octanol–water partition coefficient (Wildman–Crippen LogP) is 3.49. The van der Waals surface area contributed by atoms with E-state index in [0.717, 1.165) is 39.8 Å². The van der Waals surface area contributed by atoms with Crippen LogP contribution >= 0.6 is 15.9 Å². The zero-order valence-electron chi connectivity index (χ0n) is 10.7. The molecule has 1 aromatic carbocycles. The Kier molecular flexibility index (Phi) is 2.49. The highest BCUT2D eigenvalue weighted by atomic mass is 79.9. The van der Waals surface area contributed by atoms with Crippen molar-refractivity contribution >= 4 is 38.3 Å². The maximum absolute atomic E-state index is 6.37. The zero-order valence-corrected chi connectivity index (χ0v) is 12.3. The number of nitrogen functional groups attached to an aromatic ring is 1. The molecule has 1 aliphatic heterocycles. The minimum Gasteiger partial charge on any atom is -0.398 e. The van der Waals surface area contributed by atoms with E-state index < -0.39 is 0 Å². The van der Waals surface area contributed by atoms with E-state index >= 15 is 0 Å². The third-order valence-electron chi connectivity index (χ3n) is 4.46. The number of fused-ring (bicyclic) bond motifs is 2. The molecule has 0 spiro atoms. The molecule has 0 radical (unpaired) electrons. The van der Waals surface area contributed by atoms with Crippen molar-refractivity contribution in [3.05, 3.63) is 28.2 Å². The largest absolute Gasteiger partial charge is 0.398 e. The lowest BCUT2D eigenvalue weighted by Gasteiger charge is -2.36. The molecule has 1 aliphatic carbocycles. The normalized spacial score (nSPS) is 18.7. The van der Waals surface area contributed by atoms with Crippen molar-refractivity contribution in [3.8, 4) is 0 Å². The molecule has 1 aromatic heterocycles. The van der Waals surface area contributed by atoms with Crippen LogP contribution in [-0.2, 0) is 6.42 Å². The van der Waals surface area contributed by atoms with E-state index in [1.807, 2.05) is 12.1 Å². The van der Waals surface area contributed by atoms with Gasteiger partial charge in [0.25, 0.3) is 0 Å². The first kappa shape index (κ1) is 11.5. The van der Waals surface area contributed by atoms with Crippen molar-refractivity contribution in [2.45, 2.75) is 31.7 Å². The van der Waals surface area contributed by atoms with Crippen LogP contribution in [0.5, 0.6) is 0 Å². The van der Waals surface area contributed by atoms with Crippen LogP contribution in [0.2, 0.25) is 0 Å². The van der Waals surface area contributed by atoms with E-state index in [1.54, 1.807) is 0 Å². The second-order valence-corrected chi connectivity index (χ2v) is 6.43. The molecule has 2 aromatic rings. The van der Waals surface area contributed by atoms with Gasteiger partial charge in [0.05, 0.1) is 5.52 Å². The number of rotatable bonds is 1. The second kappa shape index (κ2) is 4.10. The SMILES string of the molecule is Nc1c2c(nc3ccc(Br)cc13)N(C1CCC1)CC2. The van der Waals surface area contributed by atoms with Gasteiger partial charge in [0.1, 0.15) is 5.82 Å². The molecule has 4 heteroatoms. The highest BCUT2D eigenvalue weighted by Crippen LogP contribution is 2.40. The van der Waals surface area contributed by atoms with Gasteiger partial charge in [-0.3, -0.25) is 0 Å². The topological polar surface area (TPSA) is 42.1 Å². The number of benzene rings is 1. The van der Waals surface area contributed by atoms with Gasteiger partial charge >= 0.3 is 0 Å². The van der Waals surface area contributed by atoms with Crippen molar-refractivity contribution in [1.29, 1.82) is 0 Å². The molecule has 1 fully saturated rings. The number of nitrogens with two attached hydrogens (primary N) is 1. The average Bonchev–Trinajstić information content (AvgIpc) is 2.73. The summed E-state index contributed by atoms with van der Waals surface area (Å²) >= 11 is 3.51. The van der Waals surface area contributed by atoms with Gasteiger partial charge in [-0.2, -0.15) is 0 Å². The quantitative estimate of drug-likeness (QED) is 0.875. The Morgan fingerprint density at radius 3 is 2.89 bits per heavy atom. The van der Waals surface area contributed by atoms with Crippen LogP contribution < -0.4 is 10.6 Å². The molecular weight excluding hydrogens is 302 g/mol. The molecule has 0 saturated heterocycles. The number of nitrogens with zero attached hydrogens (tertiary/aromatic N) is 2. The van der Waals surface area contributed by atoms with Crippen LogP contribution in [0.4, 0.5) is 11.5 Å². The molecule has 4 rings (SSSR count). The van der Waals surface area contributed by atoms with Gasteiger partial charge in [-0.1, -0.05) is 15.9 Å². The standard InChI is InChI=1S/C15H16BrN3/c16-9-4-5-13-12(8-9)14(17)11-6-7-19(15(11)18-13)10-2-1-3-10/h4-5,8,10H,1-3,6-7H2,(H2,17,18). The molecule has 0 unspecified atom stereocenters. The maximum atomic E-state index is 6.37. The summed E-state index contributed by atoms with van der Waals surface area (Å²) in [4.78, 5) is 7.34. The first-order valence-electron chi connectivity index (χ1n) is 6.88. The highest BCUT2D eigenvalue weighted by Gasteiger charge is 2.32. The molecule has 2 heterocycles. The van der Waals surface area contributed by atoms with Gasteiger partial charge < -0.3 is 10.6 Å². The number of pyridine rings is 1. The fraction of sp³-hybridized carbons (Fsp3) is 0.400. The first-order chi connectivity index (χ1) is 9.24. The number of hydrogen-bond donors (Lipinski definition) is 1. The first-order valence-corrected chi connectivity index (χ1v) is 7.67. The van der Waals surface area contributed by atoms with E-state index in [9.17, 15) is 0 Å². The van der Waals surface area contributed by atoms with Crippen molar-refractivity contribution in [2.24, 2.45) is 0 Å². The van der Waals surface area contributed by atoms with E-state index in [1.165, 1.54) is 24.8 Å². The highest BCUT2D eigenvalue weighted by molar-refractivity contribution is 9.10.